The summed E-state index contributed by atoms with van der Waals surface area (Å²) in [6.07, 6.45) is 6.14. The van der Waals surface area contributed by atoms with Crippen molar-refractivity contribution < 1.29 is 19.1 Å². The molecule has 0 amide bonds. The van der Waals surface area contributed by atoms with E-state index in [1.165, 1.54) is 16.7 Å². The monoisotopic (exact) mass is 394 g/mol. The van der Waals surface area contributed by atoms with Crippen LogP contribution < -0.4 is 9.47 Å². The van der Waals surface area contributed by atoms with E-state index in [9.17, 15) is 9.59 Å². The molecule has 0 radical (unpaired) electrons. The van der Waals surface area contributed by atoms with Gasteiger partial charge >= 0.3 is 5.97 Å². The second kappa shape index (κ2) is 10.6. The maximum atomic E-state index is 12.1. The van der Waals surface area contributed by atoms with Gasteiger partial charge in [0.25, 0.3) is 0 Å². The van der Waals surface area contributed by atoms with Crippen LogP contribution >= 0.6 is 0 Å². The first-order chi connectivity index (χ1) is 13.8. The maximum Gasteiger partial charge on any atom is 0.311 e. The van der Waals surface area contributed by atoms with E-state index < -0.39 is 0 Å². The highest BCUT2D eigenvalue weighted by molar-refractivity contribution is 5.76. The molecule has 0 saturated carbocycles. The summed E-state index contributed by atoms with van der Waals surface area (Å²) in [5.41, 5.74) is 5.88. The molecule has 0 bridgehead atoms. The molecule has 0 heterocycles. The zero-order valence-electron chi connectivity index (χ0n) is 18.0. The minimum Gasteiger partial charge on any atom is -0.493 e. The quantitative estimate of drug-likeness (QED) is 0.232. The van der Waals surface area contributed by atoms with Crippen LogP contribution in [0.1, 0.15) is 60.4 Å². The fraction of sp³-hybridized carbons (Fsp3) is 0.360. The Kier molecular flexibility index (Phi) is 8.20. The van der Waals surface area contributed by atoms with E-state index in [1.807, 2.05) is 12.1 Å². The molecule has 0 fully saturated rings. The predicted octanol–water partition coefficient (Wildman–Crippen LogP) is 5.85. The summed E-state index contributed by atoms with van der Waals surface area (Å²) in [4.78, 5) is 23.1. The molecule has 2 aromatic carbocycles. The van der Waals surface area contributed by atoms with Gasteiger partial charge in [0, 0.05) is 12.8 Å². The average molecular weight is 395 g/mol. The molecule has 154 valence electrons. The Hall–Kier alpha value is -2.88. The fourth-order valence-electron chi connectivity index (χ4n) is 3.05. The van der Waals surface area contributed by atoms with Crippen molar-refractivity contribution in [2.24, 2.45) is 0 Å². The number of hydrogen-bond acceptors (Lipinski definition) is 4. The van der Waals surface area contributed by atoms with Crippen LogP contribution in [0.4, 0.5) is 0 Å². The molecule has 0 atom stereocenters. The van der Waals surface area contributed by atoms with Gasteiger partial charge in [0.15, 0.2) is 11.5 Å². The number of aryl methyl sites for hydroxylation is 2. The third kappa shape index (κ3) is 6.90. The topological polar surface area (TPSA) is 52.6 Å². The van der Waals surface area contributed by atoms with Gasteiger partial charge in [0.05, 0.1) is 7.11 Å². The summed E-state index contributed by atoms with van der Waals surface area (Å²) in [6.45, 7) is 7.91. The number of Topliss-reactive ketones (excluding diaryl/α,β-unsaturated/α-hetero) is 1. The van der Waals surface area contributed by atoms with Gasteiger partial charge in [0.1, 0.15) is 5.78 Å². The Labute approximate surface area is 173 Å². The lowest BCUT2D eigenvalue weighted by Crippen LogP contribution is -2.08. The minimum absolute atomic E-state index is 0.137. The van der Waals surface area contributed by atoms with Gasteiger partial charge < -0.3 is 14.3 Å². The number of methoxy groups -OCH3 is 1. The molecular weight excluding hydrogens is 364 g/mol. The molecule has 0 unspecified atom stereocenters. The molecule has 0 aliphatic heterocycles. The first-order valence-corrected chi connectivity index (χ1v) is 9.94. The van der Waals surface area contributed by atoms with Gasteiger partial charge in [-0.05, 0) is 80.5 Å². The van der Waals surface area contributed by atoms with Crippen LogP contribution in [0.3, 0.4) is 0 Å². The molecule has 0 aliphatic carbocycles. The summed E-state index contributed by atoms with van der Waals surface area (Å²) in [7, 11) is 1.55. The van der Waals surface area contributed by atoms with E-state index in [4.69, 9.17) is 9.47 Å². The molecule has 2 aromatic rings. The van der Waals surface area contributed by atoms with Gasteiger partial charge in [-0.15, -0.1) is 0 Å². The van der Waals surface area contributed by atoms with E-state index in [2.05, 4.69) is 39.0 Å². The minimum atomic E-state index is -0.322. The number of carbonyl (C=O) groups is 2. The van der Waals surface area contributed by atoms with Crippen LogP contribution in [0.15, 0.2) is 30.3 Å². The van der Waals surface area contributed by atoms with Crippen molar-refractivity contribution >= 4 is 23.9 Å². The number of benzene rings is 2. The SMILES string of the molecule is COc1ccc(/C=C\c2cc(C)c(C)c(C)c2)cc1OC(=O)CCCCC(C)=O. The Morgan fingerprint density at radius 2 is 1.48 bits per heavy atom. The number of ether oxygens (including phenoxy) is 2. The molecule has 0 aliphatic rings. The first-order valence-electron chi connectivity index (χ1n) is 9.94. The Bertz CT molecular complexity index is 886. The largest absolute Gasteiger partial charge is 0.493 e. The van der Waals surface area contributed by atoms with E-state index in [1.54, 1.807) is 26.2 Å². The van der Waals surface area contributed by atoms with Crippen LogP contribution in [-0.2, 0) is 9.59 Å². The number of esters is 1. The van der Waals surface area contributed by atoms with Crippen LogP contribution in [0, 0.1) is 20.8 Å². The number of unbranched alkanes of at least 4 members (excludes halogenated alkanes) is 1. The molecule has 29 heavy (non-hydrogen) atoms. The zero-order valence-corrected chi connectivity index (χ0v) is 18.0. The molecule has 4 nitrogen and oxygen atoms in total. The van der Waals surface area contributed by atoms with Crippen LogP contribution in [0.25, 0.3) is 12.2 Å². The van der Waals surface area contributed by atoms with Crippen LogP contribution in [0.5, 0.6) is 11.5 Å². The molecule has 4 heteroatoms. The smallest absolute Gasteiger partial charge is 0.311 e. The lowest BCUT2D eigenvalue weighted by atomic mass is 10.00. The maximum absolute atomic E-state index is 12.1. The van der Waals surface area contributed by atoms with Crippen molar-refractivity contribution in [3.05, 3.63) is 58.1 Å². The molecule has 0 spiro atoms. The van der Waals surface area contributed by atoms with E-state index in [0.717, 1.165) is 11.1 Å². The van der Waals surface area contributed by atoms with E-state index in [-0.39, 0.29) is 18.2 Å². The van der Waals surface area contributed by atoms with Crippen molar-refractivity contribution in [1.82, 2.24) is 0 Å². The number of rotatable bonds is 9. The summed E-state index contributed by atoms with van der Waals surface area (Å²) >= 11 is 0. The van der Waals surface area contributed by atoms with Gasteiger partial charge in [-0.25, -0.2) is 0 Å². The first kappa shape index (κ1) is 22.4. The highest BCUT2D eigenvalue weighted by Gasteiger charge is 2.11. The fourth-order valence-corrected chi connectivity index (χ4v) is 3.05. The second-order valence-corrected chi connectivity index (χ2v) is 7.41. The summed E-state index contributed by atoms with van der Waals surface area (Å²) in [5, 5.41) is 0. The van der Waals surface area contributed by atoms with Crippen molar-refractivity contribution in [1.29, 1.82) is 0 Å². The lowest BCUT2D eigenvalue weighted by Gasteiger charge is -2.10. The highest BCUT2D eigenvalue weighted by Crippen LogP contribution is 2.29. The molecule has 0 aromatic heterocycles. The average Bonchev–Trinajstić information content (AvgIpc) is 2.67. The highest BCUT2D eigenvalue weighted by atomic mass is 16.6. The van der Waals surface area contributed by atoms with Crippen LogP contribution in [-0.4, -0.2) is 18.9 Å². The Morgan fingerprint density at radius 1 is 0.862 bits per heavy atom. The van der Waals surface area contributed by atoms with Crippen molar-refractivity contribution in [3.63, 3.8) is 0 Å². The van der Waals surface area contributed by atoms with Gasteiger partial charge in [-0.1, -0.05) is 30.4 Å². The molecular formula is C25H30O4. The predicted molar refractivity (Wildman–Crippen MR) is 117 cm³/mol. The third-order valence-corrected chi connectivity index (χ3v) is 4.99. The zero-order chi connectivity index (χ0) is 21.4. The molecule has 2 rings (SSSR count). The third-order valence-electron chi connectivity index (χ3n) is 4.99. The van der Waals surface area contributed by atoms with Crippen molar-refractivity contribution in [3.8, 4) is 11.5 Å². The standard InChI is InChI=1S/C25H30O4/c1-17-14-22(15-18(2)20(17)4)11-10-21-12-13-23(28-5)24(16-21)29-25(27)9-7-6-8-19(3)26/h10-16H,6-9H2,1-5H3/b11-10-. The van der Waals surface area contributed by atoms with E-state index >= 15 is 0 Å². The Morgan fingerprint density at radius 3 is 2.10 bits per heavy atom. The number of ketones is 1. The van der Waals surface area contributed by atoms with Gasteiger partial charge in [-0.3, -0.25) is 4.79 Å². The van der Waals surface area contributed by atoms with E-state index in [0.29, 0.717) is 30.8 Å². The molecule has 0 saturated heterocycles. The van der Waals surface area contributed by atoms with Crippen molar-refractivity contribution in [2.45, 2.75) is 53.4 Å². The number of hydrogen-bond donors (Lipinski definition) is 0. The summed E-state index contributed by atoms with van der Waals surface area (Å²) < 4.78 is 10.8. The summed E-state index contributed by atoms with van der Waals surface area (Å²) in [5.74, 6) is 0.736. The second-order valence-electron chi connectivity index (χ2n) is 7.41. The van der Waals surface area contributed by atoms with Gasteiger partial charge in [-0.2, -0.15) is 0 Å². The van der Waals surface area contributed by atoms with Crippen molar-refractivity contribution in [2.75, 3.05) is 7.11 Å². The Balaban J connectivity index is 2.09. The van der Waals surface area contributed by atoms with Gasteiger partial charge in [0.2, 0.25) is 0 Å². The molecule has 0 N–H and O–H groups in total. The number of carbonyl (C=O) groups excluding carboxylic acids is 2. The normalized spacial score (nSPS) is 10.9. The summed E-state index contributed by atoms with van der Waals surface area (Å²) in [6, 6.07) is 9.84. The van der Waals surface area contributed by atoms with Crippen LogP contribution in [0.2, 0.25) is 0 Å². The lowest BCUT2D eigenvalue weighted by molar-refractivity contribution is -0.134.